The molecule has 1 aliphatic heterocycles. The maximum Gasteiger partial charge on any atom is 0.421 e. The number of aromatic nitrogens is 1. The van der Waals surface area contributed by atoms with E-state index in [1.807, 2.05) is 39.3 Å². The predicted octanol–water partition coefficient (Wildman–Crippen LogP) is 2.97. The normalized spacial score (nSPS) is 15.1. The van der Waals surface area contributed by atoms with Crippen molar-refractivity contribution in [2.24, 2.45) is 5.92 Å². The number of carbonyl (C=O) groups excluding carboxylic acids is 2. The summed E-state index contributed by atoms with van der Waals surface area (Å²) in [5, 5.41) is 1.04. The summed E-state index contributed by atoms with van der Waals surface area (Å²) in [7, 11) is 4.04. The van der Waals surface area contributed by atoms with Crippen molar-refractivity contribution >= 4 is 23.0 Å². The summed E-state index contributed by atoms with van der Waals surface area (Å²) in [4.78, 5) is 26.7. The quantitative estimate of drug-likeness (QED) is 0.560. The number of nitrogens with zero attached hydrogens (tertiary/aromatic N) is 2. The number of aryl methyl sites for hydroxylation is 1. The van der Waals surface area contributed by atoms with Gasteiger partial charge < -0.3 is 19.1 Å². The van der Waals surface area contributed by atoms with Crippen LogP contribution in [0.2, 0.25) is 0 Å². The molecule has 7 nitrogen and oxygen atoms in total. The Morgan fingerprint density at radius 2 is 1.96 bits per heavy atom. The molecule has 1 fully saturated rings. The highest BCUT2D eigenvalue weighted by Crippen LogP contribution is 2.24. The number of fused-ring (bicyclic) bond motifs is 1. The smallest absolute Gasteiger partial charge is 0.421 e. The molecular formula is C21H28N2O5. The molecule has 0 radical (unpaired) electrons. The molecule has 28 heavy (non-hydrogen) atoms. The number of hydrogen-bond acceptors (Lipinski definition) is 6. The first-order valence-corrected chi connectivity index (χ1v) is 9.62. The fourth-order valence-electron chi connectivity index (χ4n) is 3.37. The number of hydrogen-bond donors (Lipinski definition) is 0. The van der Waals surface area contributed by atoms with Crippen LogP contribution in [0.3, 0.4) is 0 Å². The van der Waals surface area contributed by atoms with Crippen molar-refractivity contribution < 1.29 is 23.8 Å². The Hall–Kier alpha value is -2.38. The van der Waals surface area contributed by atoms with Gasteiger partial charge in [-0.15, -0.1) is 0 Å². The zero-order valence-electron chi connectivity index (χ0n) is 16.8. The lowest BCUT2D eigenvalue weighted by Crippen LogP contribution is -2.26. The standard InChI is InChI=1S/C21H28N2O5/c1-15-4-5-19-18(12-15)17(6-9-22(2)3)13-23(19)21(25)28-14-27-20(24)16-7-10-26-11-8-16/h4-5,12-13,16H,6-11,14H2,1-3H3. The van der Waals surface area contributed by atoms with Crippen molar-refractivity contribution in [2.45, 2.75) is 26.2 Å². The third kappa shape index (κ3) is 4.91. The van der Waals surface area contributed by atoms with Crippen LogP contribution in [0, 0.1) is 12.8 Å². The first-order valence-electron chi connectivity index (χ1n) is 9.62. The molecule has 1 aromatic carbocycles. The Labute approximate surface area is 165 Å². The third-order valence-electron chi connectivity index (χ3n) is 5.01. The monoisotopic (exact) mass is 388 g/mol. The van der Waals surface area contributed by atoms with Crippen LogP contribution < -0.4 is 0 Å². The van der Waals surface area contributed by atoms with Gasteiger partial charge >= 0.3 is 12.1 Å². The van der Waals surface area contributed by atoms with Crippen molar-refractivity contribution in [2.75, 3.05) is 40.6 Å². The molecule has 0 bridgehead atoms. The lowest BCUT2D eigenvalue weighted by atomic mass is 10.0. The van der Waals surface area contributed by atoms with E-state index in [4.69, 9.17) is 14.2 Å². The van der Waals surface area contributed by atoms with Gasteiger partial charge in [0.15, 0.2) is 0 Å². The molecule has 2 heterocycles. The molecule has 0 atom stereocenters. The number of esters is 1. The van der Waals surface area contributed by atoms with Crippen LogP contribution in [-0.2, 0) is 25.4 Å². The van der Waals surface area contributed by atoms with E-state index in [1.54, 1.807) is 0 Å². The van der Waals surface area contributed by atoms with Gasteiger partial charge in [0.1, 0.15) is 0 Å². The Balaban J connectivity index is 1.66. The Morgan fingerprint density at radius 3 is 2.68 bits per heavy atom. The lowest BCUT2D eigenvalue weighted by Gasteiger charge is -2.20. The SMILES string of the molecule is Cc1ccc2c(c1)c(CCN(C)C)cn2C(=O)OCOC(=O)C1CCOCC1. The largest absolute Gasteiger partial charge is 0.428 e. The van der Waals surface area contributed by atoms with Gasteiger partial charge in [-0.25, -0.2) is 4.79 Å². The summed E-state index contributed by atoms with van der Waals surface area (Å²) in [5.41, 5.74) is 3.01. The molecule has 7 heteroatoms. The number of benzene rings is 1. The van der Waals surface area contributed by atoms with Gasteiger partial charge in [-0.1, -0.05) is 11.6 Å². The summed E-state index contributed by atoms with van der Waals surface area (Å²) >= 11 is 0. The maximum absolute atomic E-state index is 12.6. The zero-order valence-corrected chi connectivity index (χ0v) is 16.8. The summed E-state index contributed by atoms with van der Waals surface area (Å²) < 4.78 is 17.1. The van der Waals surface area contributed by atoms with Gasteiger partial charge in [-0.2, -0.15) is 0 Å². The van der Waals surface area contributed by atoms with Crippen LogP contribution in [-0.4, -0.2) is 62.2 Å². The van der Waals surface area contributed by atoms with E-state index >= 15 is 0 Å². The highest BCUT2D eigenvalue weighted by molar-refractivity contribution is 5.92. The third-order valence-corrected chi connectivity index (χ3v) is 5.01. The molecule has 2 aromatic rings. The summed E-state index contributed by atoms with van der Waals surface area (Å²) in [6.45, 7) is 3.65. The minimum absolute atomic E-state index is 0.180. The second-order valence-corrected chi connectivity index (χ2v) is 7.48. The van der Waals surface area contributed by atoms with E-state index in [2.05, 4.69) is 11.0 Å². The fourth-order valence-corrected chi connectivity index (χ4v) is 3.37. The summed E-state index contributed by atoms with van der Waals surface area (Å²) in [5.74, 6) is -0.517. The first-order chi connectivity index (χ1) is 13.5. The summed E-state index contributed by atoms with van der Waals surface area (Å²) in [6, 6.07) is 5.96. The molecule has 1 aromatic heterocycles. The topological polar surface area (TPSA) is 70.0 Å². The van der Waals surface area contributed by atoms with Gasteiger partial charge in [-0.05, 0) is 58.0 Å². The van der Waals surface area contributed by atoms with Crippen LogP contribution in [0.25, 0.3) is 10.9 Å². The van der Waals surface area contributed by atoms with E-state index in [0.717, 1.165) is 35.0 Å². The van der Waals surface area contributed by atoms with Crippen molar-refractivity contribution in [1.29, 1.82) is 0 Å². The van der Waals surface area contributed by atoms with Gasteiger partial charge in [0.2, 0.25) is 6.79 Å². The Bertz CT molecular complexity index is 837. The number of carbonyl (C=O) groups is 2. The van der Waals surface area contributed by atoms with E-state index in [9.17, 15) is 9.59 Å². The average molecular weight is 388 g/mol. The van der Waals surface area contributed by atoms with E-state index < -0.39 is 6.09 Å². The minimum atomic E-state index is -0.551. The second kappa shape index (κ2) is 9.21. The Kier molecular flexibility index (Phi) is 6.70. The van der Waals surface area contributed by atoms with Gasteiger partial charge in [0.25, 0.3) is 0 Å². The molecule has 3 rings (SSSR count). The van der Waals surface area contributed by atoms with Gasteiger partial charge in [0.05, 0.1) is 11.4 Å². The second-order valence-electron chi connectivity index (χ2n) is 7.48. The molecule has 0 saturated carbocycles. The molecule has 0 amide bonds. The van der Waals surface area contributed by atoms with Crippen molar-refractivity contribution in [3.05, 3.63) is 35.5 Å². The lowest BCUT2D eigenvalue weighted by molar-refractivity contribution is -0.159. The molecule has 1 saturated heterocycles. The highest BCUT2D eigenvalue weighted by atomic mass is 16.7. The van der Waals surface area contributed by atoms with E-state index in [-0.39, 0.29) is 18.7 Å². The van der Waals surface area contributed by atoms with Gasteiger partial charge in [-0.3, -0.25) is 9.36 Å². The first kappa shape index (κ1) is 20.4. The predicted molar refractivity (Wildman–Crippen MR) is 105 cm³/mol. The van der Waals surface area contributed by atoms with Gasteiger partial charge in [0, 0.05) is 31.3 Å². The molecule has 1 aliphatic rings. The fraction of sp³-hybridized carbons (Fsp3) is 0.524. The van der Waals surface area contributed by atoms with Crippen LogP contribution in [0.5, 0.6) is 0 Å². The average Bonchev–Trinajstić information content (AvgIpc) is 3.04. The summed E-state index contributed by atoms with van der Waals surface area (Å²) in [6.07, 6.45) is 3.37. The van der Waals surface area contributed by atoms with Crippen molar-refractivity contribution in [3.8, 4) is 0 Å². The number of ether oxygens (including phenoxy) is 3. The van der Waals surface area contributed by atoms with E-state index in [0.29, 0.717) is 26.1 Å². The van der Waals surface area contributed by atoms with Crippen LogP contribution in [0.15, 0.2) is 24.4 Å². The maximum atomic E-state index is 12.6. The highest BCUT2D eigenvalue weighted by Gasteiger charge is 2.23. The molecule has 0 N–H and O–H groups in total. The number of rotatable bonds is 6. The van der Waals surface area contributed by atoms with E-state index in [1.165, 1.54) is 4.57 Å². The minimum Gasteiger partial charge on any atom is -0.428 e. The van der Waals surface area contributed by atoms with Crippen LogP contribution in [0.4, 0.5) is 4.79 Å². The Morgan fingerprint density at radius 1 is 1.21 bits per heavy atom. The molecule has 152 valence electrons. The molecule has 0 aliphatic carbocycles. The van der Waals surface area contributed by atoms with Crippen LogP contribution >= 0.6 is 0 Å². The molecular weight excluding hydrogens is 360 g/mol. The van der Waals surface area contributed by atoms with Crippen molar-refractivity contribution in [3.63, 3.8) is 0 Å². The number of likely N-dealkylation sites (N-methyl/N-ethyl adjacent to an activating group) is 1. The van der Waals surface area contributed by atoms with Crippen LogP contribution in [0.1, 0.15) is 24.0 Å². The molecule has 0 spiro atoms. The zero-order chi connectivity index (χ0) is 20.1. The molecule has 0 unspecified atom stereocenters. The van der Waals surface area contributed by atoms with Crippen molar-refractivity contribution in [1.82, 2.24) is 9.47 Å².